The van der Waals surface area contributed by atoms with Crippen molar-refractivity contribution in [3.8, 4) is 5.75 Å². The van der Waals surface area contributed by atoms with Gasteiger partial charge in [0.05, 0.1) is 0 Å². The molecule has 0 radical (unpaired) electrons. The van der Waals surface area contributed by atoms with Crippen molar-refractivity contribution in [2.45, 2.75) is 45.4 Å². The van der Waals surface area contributed by atoms with Gasteiger partial charge in [-0.05, 0) is 37.0 Å². The molecule has 26 heavy (non-hydrogen) atoms. The molecule has 2 N–H and O–H groups in total. The summed E-state index contributed by atoms with van der Waals surface area (Å²) in [6.07, 6.45) is 4.49. The highest BCUT2D eigenvalue weighted by molar-refractivity contribution is 5.87. The molecule has 7 heteroatoms. The van der Waals surface area contributed by atoms with Crippen molar-refractivity contribution in [1.29, 1.82) is 0 Å². The van der Waals surface area contributed by atoms with Crippen LogP contribution in [0.1, 0.15) is 44.6 Å². The van der Waals surface area contributed by atoms with E-state index in [4.69, 9.17) is 4.74 Å². The number of amides is 2. The number of aryl methyl sites for hydroxylation is 1. The normalized spacial score (nSPS) is 19.4. The van der Waals surface area contributed by atoms with Crippen LogP contribution in [0.2, 0.25) is 0 Å². The molecule has 0 bridgehead atoms. The van der Waals surface area contributed by atoms with Gasteiger partial charge >= 0.3 is 0 Å². The van der Waals surface area contributed by atoms with Crippen molar-refractivity contribution in [3.63, 3.8) is 0 Å². The van der Waals surface area contributed by atoms with E-state index < -0.39 is 29.6 Å². The number of aliphatic carboxylic acids is 1. The lowest BCUT2D eigenvalue weighted by atomic mass is 9.79. The lowest BCUT2D eigenvalue weighted by Crippen LogP contribution is -2.50. The summed E-state index contributed by atoms with van der Waals surface area (Å²) >= 11 is 0. The molecule has 1 saturated carbocycles. The third-order valence-corrected chi connectivity index (χ3v) is 4.56. The number of carboxylic acid groups (broad SMARTS) is 1. The molecule has 2 amide bonds. The highest BCUT2D eigenvalue weighted by Gasteiger charge is 2.31. The second-order valence-corrected chi connectivity index (χ2v) is 6.54. The van der Waals surface area contributed by atoms with E-state index in [1.54, 1.807) is 12.1 Å². The molecule has 1 aliphatic rings. The van der Waals surface area contributed by atoms with E-state index in [1.807, 2.05) is 12.1 Å². The topological polar surface area (TPSA) is 108 Å². The Morgan fingerprint density at radius 2 is 1.73 bits per heavy atom. The Kier molecular flexibility index (Phi) is 7.44. The fraction of sp³-hybridized carbons (Fsp3) is 0.526. The van der Waals surface area contributed by atoms with Crippen molar-refractivity contribution in [1.82, 2.24) is 10.9 Å². The first-order valence-electron chi connectivity index (χ1n) is 9.02. The van der Waals surface area contributed by atoms with Gasteiger partial charge in [-0.1, -0.05) is 38.3 Å². The highest BCUT2D eigenvalue weighted by Crippen LogP contribution is 2.29. The van der Waals surface area contributed by atoms with Crippen molar-refractivity contribution in [2.75, 3.05) is 6.61 Å². The number of hydrazine groups is 1. The molecular weight excluding hydrogens is 336 g/mol. The Bertz CT molecular complexity index is 629. The summed E-state index contributed by atoms with van der Waals surface area (Å²) in [4.78, 5) is 35.1. The van der Waals surface area contributed by atoms with E-state index in [0.29, 0.717) is 18.6 Å². The maximum absolute atomic E-state index is 12.1. The van der Waals surface area contributed by atoms with Crippen molar-refractivity contribution in [2.24, 2.45) is 11.8 Å². The fourth-order valence-corrected chi connectivity index (χ4v) is 3.18. The zero-order valence-electron chi connectivity index (χ0n) is 15.0. The number of hydrogen-bond donors (Lipinski definition) is 2. The number of carbonyl (C=O) groups excluding carboxylic acids is 3. The van der Waals surface area contributed by atoms with Gasteiger partial charge in [-0.15, -0.1) is 0 Å². The Morgan fingerprint density at radius 3 is 2.35 bits per heavy atom. The van der Waals surface area contributed by atoms with Crippen molar-refractivity contribution >= 4 is 17.8 Å². The molecule has 0 aromatic heterocycles. The average molecular weight is 361 g/mol. The van der Waals surface area contributed by atoms with Crippen LogP contribution in [-0.2, 0) is 20.8 Å². The smallest absolute Gasteiger partial charge is 0.276 e. The largest absolute Gasteiger partial charge is 0.550 e. The first kappa shape index (κ1) is 19.8. The summed E-state index contributed by atoms with van der Waals surface area (Å²) in [5.41, 5.74) is 5.75. The molecule has 0 aliphatic heterocycles. The standard InChI is InChI=1S/C19H26N2O5/c1-2-5-13-8-10-14(11-9-13)26-12-17(22)20-21-18(23)15-6-3-4-7-16(15)19(24)25/h8-11,15-16H,2-7,12H2,1H3,(H,20,22)(H,21,23)(H,24,25)/p-1. The van der Waals surface area contributed by atoms with Gasteiger partial charge in [0.2, 0.25) is 5.91 Å². The third kappa shape index (κ3) is 5.75. The van der Waals surface area contributed by atoms with Gasteiger partial charge in [0.15, 0.2) is 6.61 Å². The summed E-state index contributed by atoms with van der Waals surface area (Å²) in [6.45, 7) is 1.85. The van der Waals surface area contributed by atoms with Crippen LogP contribution in [-0.4, -0.2) is 24.4 Å². The minimum Gasteiger partial charge on any atom is -0.550 e. The molecule has 1 fully saturated rings. The van der Waals surface area contributed by atoms with Crippen LogP contribution in [0, 0.1) is 11.8 Å². The number of carbonyl (C=O) groups is 3. The van der Waals surface area contributed by atoms with Gasteiger partial charge in [0.25, 0.3) is 5.91 Å². The molecule has 0 spiro atoms. The van der Waals surface area contributed by atoms with Gasteiger partial charge in [0.1, 0.15) is 5.75 Å². The summed E-state index contributed by atoms with van der Waals surface area (Å²) in [7, 11) is 0. The van der Waals surface area contributed by atoms with E-state index in [1.165, 1.54) is 5.56 Å². The Hall–Kier alpha value is -2.57. The second kappa shape index (κ2) is 9.79. The number of rotatable bonds is 7. The zero-order chi connectivity index (χ0) is 18.9. The summed E-state index contributed by atoms with van der Waals surface area (Å²) in [6, 6.07) is 7.48. The molecule has 2 unspecified atom stereocenters. The number of benzene rings is 1. The summed E-state index contributed by atoms with van der Waals surface area (Å²) in [5.74, 6) is -3.16. The second-order valence-electron chi connectivity index (χ2n) is 6.54. The van der Waals surface area contributed by atoms with Gasteiger partial charge in [0, 0.05) is 17.8 Å². The van der Waals surface area contributed by atoms with Crippen molar-refractivity contribution < 1.29 is 24.2 Å². The molecule has 2 atom stereocenters. The summed E-state index contributed by atoms with van der Waals surface area (Å²) in [5, 5.41) is 11.1. The quantitative estimate of drug-likeness (QED) is 0.696. The zero-order valence-corrected chi connectivity index (χ0v) is 15.0. The molecule has 1 aromatic carbocycles. The minimum atomic E-state index is -1.22. The number of carboxylic acids is 1. The predicted octanol–water partition coefficient (Wildman–Crippen LogP) is 0.722. The van der Waals surface area contributed by atoms with E-state index >= 15 is 0 Å². The summed E-state index contributed by atoms with van der Waals surface area (Å²) < 4.78 is 5.37. The molecule has 2 rings (SSSR count). The fourth-order valence-electron chi connectivity index (χ4n) is 3.18. The molecule has 0 saturated heterocycles. The van der Waals surface area contributed by atoms with Crippen LogP contribution >= 0.6 is 0 Å². The van der Waals surface area contributed by atoms with E-state index in [2.05, 4.69) is 17.8 Å². The lowest BCUT2D eigenvalue weighted by molar-refractivity contribution is -0.314. The lowest BCUT2D eigenvalue weighted by Gasteiger charge is -2.31. The Labute approximate surface area is 153 Å². The molecule has 7 nitrogen and oxygen atoms in total. The molecule has 0 heterocycles. The van der Waals surface area contributed by atoms with Gasteiger partial charge in [-0.25, -0.2) is 0 Å². The molecule has 142 valence electrons. The Balaban J connectivity index is 1.75. The van der Waals surface area contributed by atoms with Crippen LogP contribution in [0.15, 0.2) is 24.3 Å². The third-order valence-electron chi connectivity index (χ3n) is 4.56. The monoisotopic (exact) mass is 361 g/mol. The maximum atomic E-state index is 12.1. The van der Waals surface area contributed by atoms with Crippen LogP contribution in [0.4, 0.5) is 0 Å². The van der Waals surface area contributed by atoms with Gasteiger partial charge in [-0.3, -0.25) is 20.4 Å². The van der Waals surface area contributed by atoms with Crippen molar-refractivity contribution in [3.05, 3.63) is 29.8 Å². The molecule has 1 aliphatic carbocycles. The average Bonchev–Trinajstić information content (AvgIpc) is 2.65. The highest BCUT2D eigenvalue weighted by atomic mass is 16.5. The maximum Gasteiger partial charge on any atom is 0.276 e. The number of hydrogen-bond acceptors (Lipinski definition) is 5. The van der Waals surface area contributed by atoms with Gasteiger partial charge < -0.3 is 14.6 Å². The molecule has 1 aromatic rings. The van der Waals surface area contributed by atoms with Crippen LogP contribution in [0.25, 0.3) is 0 Å². The first-order chi connectivity index (χ1) is 12.5. The number of nitrogens with one attached hydrogen (secondary N) is 2. The van der Waals surface area contributed by atoms with E-state index in [-0.39, 0.29) is 6.61 Å². The van der Waals surface area contributed by atoms with Crippen LogP contribution < -0.4 is 20.7 Å². The van der Waals surface area contributed by atoms with Crippen LogP contribution in [0.3, 0.4) is 0 Å². The predicted molar refractivity (Wildman–Crippen MR) is 92.7 cm³/mol. The first-order valence-corrected chi connectivity index (χ1v) is 9.02. The minimum absolute atomic E-state index is 0.248. The number of ether oxygens (including phenoxy) is 1. The SMILES string of the molecule is CCCc1ccc(OCC(=O)NNC(=O)C2CCCCC2C(=O)[O-])cc1. The van der Waals surface area contributed by atoms with Crippen LogP contribution in [0.5, 0.6) is 5.75 Å². The molecular formula is C19H25N2O5-. The Morgan fingerprint density at radius 1 is 1.08 bits per heavy atom. The van der Waals surface area contributed by atoms with E-state index in [0.717, 1.165) is 25.7 Å². The van der Waals surface area contributed by atoms with E-state index in [9.17, 15) is 19.5 Å². The van der Waals surface area contributed by atoms with Gasteiger partial charge in [-0.2, -0.15) is 0 Å².